The van der Waals surface area contributed by atoms with Crippen LogP contribution in [0.5, 0.6) is 0 Å². The fourth-order valence-corrected chi connectivity index (χ4v) is 2.05. The van der Waals surface area contributed by atoms with E-state index < -0.39 is 0 Å². The van der Waals surface area contributed by atoms with Crippen molar-refractivity contribution in [2.45, 2.75) is 40.0 Å². The molecule has 0 aliphatic rings. The molecular weight excluding hydrogens is 238 g/mol. The van der Waals surface area contributed by atoms with Gasteiger partial charge >= 0.3 is 0 Å². The fourth-order valence-electron chi connectivity index (χ4n) is 2.05. The number of aliphatic hydroxyl groups excluding tert-OH is 1. The van der Waals surface area contributed by atoms with Crippen molar-refractivity contribution in [2.24, 2.45) is 5.41 Å². The minimum absolute atomic E-state index is 0.0576. The number of aliphatic hydroxyl groups is 1. The highest BCUT2D eigenvalue weighted by atomic mass is 16.3. The molecule has 1 rings (SSSR count). The number of hydrogen-bond acceptors (Lipinski definition) is 3. The third-order valence-corrected chi connectivity index (χ3v) is 4.03. The zero-order valence-corrected chi connectivity index (χ0v) is 12.2. The molecule has 0 heterocycles. The maximum atomic E-state index is 11.5. The smallest absolute Gasteiger partial charge is 0.162 e. The second-order valence-electron chi connectivity index (χ2n) is 5.07. The van der Waals surface area contributed by atoms with Gasteiger partial charge in [-0.1, -0.05) is 20.8 Å². The third kappa shape index (κ3) is 4.06. The van der Waals surface area contributed by atoms with Crippen LogP contribution in [0.2, 0.25) is 0 Å². The molecule has 106 valence electrons. The highest BCUT2D eigenvalue weighted by Gasteiger charge is 2.24. The topological polar surface area (TPSA) is 49.3 Å². The fraction of sp³-hybridized carbons (Fsp3) is 0.562. The van der Waals surface area contributed by atoms with Crippen LogP contribution < -0.4 is 5.32 Å². The first kappa shape index (κ1) is 15.7. The Labute approximate surface area is 116 Å². The molecule has 19 heavy (non-hydrogen) atoms. The standard InChI is InChI=1S/C16H25NO2/c1-4-15(19)13-7-9-14(10-8-13)17-11-16(5-2,6-3)12-18/h7-10,17-18H,4-6,11-12H2,1-3H3. The molecule has 0 atom stereocenters. The summed E-state index contributed by atoms with van der Waals surface area (Å²) in [5.74, 6) is 0.165. The molecule has 0 unspecified atom stereocenters. The Morgan fingerprint density at radius 3 is 2.16 bits per heavy atom. The van der Waals surface area contributed by atoms with Crippen LogP contribution in [0.15, 0.2) is 24.3 Å². The Hall–Kier alpha value is -1.35. The van der Waals surface area contributed by atoms with E-state index in [1.54, 1.807) is 0 Å². The molecule has 0 amide bonds. The summed E-state index contributed by atoms with van der Waals surface area (Å²) >= 11 is 0. The minimum atomic E-state index is -0.0576. The van der Waals surface area contributed by atoms with Crippen molar-refractivity contribution in [3.05, 3.63) is 29.8 Å². The quantitative estimate of drug-likeness (QED) is 0.706. The molecule has 0 saturated heterocycles. The lowest BCUT2D eigenvalue weighted by Crippen LogP contribution is -2.32. The lowest BCUT2D eigenvalue weighted by atomic mass is 9.83. The number of nitrogens with one attached hydrogen (secondary N) is 1. The molecule has 3 nitrogen and oxygen atoms in total. The number of carbonyl (C=O) groups is 1. The first-order chi connectivity index (χ1) is 9.10. The number of rotatable bonds is 8. The van der Waals surface area contributed by atoms with Crippen LogP contribution in [0.25, 0.3) is 0 Å². The van der Waals surface area contributed by atoms with Gasteiger partial charge in [-0.3, -0.25) is 4.79 Å². The highest BCUT2D eigenvalue weighted by Crippen LogP contribution is 2.26. The summed E-state index contributed by atoms with van der Waals surface area (Å²) < 4.78 is 0. The number of ketones is 1. The van der Waals surface area contributed by atoms with E-state index >= 15 is 0 Å². The summed E-state index contributed by atoms with van der Waals surface area (Å²) in [6, 6.07) is 7.56. The molecule has 0 bridgehead atoms. The SMILES string of the molecule is CCC(=O)c1ccc(NCC(CC)(CC)CO)cc1. The van der Waals surface area contributed by atoms with Gasteiger partial charge in [-0.2, -0.15) is 0 Å². The van der Waals surface area contributed by atoms with Gasteiger partial charge in [0, 0.05) is 29.6 Å². The number of carbonyl (C=O) groups excluding carboxylic acids is 1. The molecule has 0 spiro atoms. The Bertz CT molecular complexity index is 385. The number of anilines is 1. The number of benzene rings is 1. The third-order valence-electron chi connectivity index (χ3n) is 4.03. The van der Waals surface area contributed by atoms with Crippen molar-refractivity contribution in [2.75, 3.05) is 18.5 Å². The molecule has 0 aromatic heterocycles. The van der Waals surface area contributed by atoms with E-state index in [-0.39, 0.29) is 17.8 Å². The van der Waals surface area contributed by atoms with Crippen LogP contribution in [-0.4, -0.2) is 24.0 Å². The Morgan fingerprint density at radius 2 is 1.74 bits per heavy atom. The zero-order chi connectivity index (χ0) is 14.3. The monoisotopic (exact) mass is 263 g/mol. The lowest BCUT2D eigenvalue weighted by Gasteiger charge is -2.30. The molecule has 0 aliphatic carbocycles. The molecule has 0 fully saturated rings. The van der Waals surface area contributed by atoms with Crippen LogP contribution in [0, 0.1) is 5.41 Å². The zero-order valence-electron chi connectivity index (χ0n) is 12.2. The number of hydrogen-bond donors (Lipinski definition) is 2. The minimum Gasteiger partial charge on any atom is -0.396 e. The van der Waals surface area contributed by atoms with Gasteiger partial charge in [0.25, 0.3) is 0 Å². The summed E-state index contributed by atoms with van der Waals surface area (Å²) in [4.78, 5) is 11.5. The van der Waals surface area contributed by atoms with Crippen molar-refractivity contribution in [3.8, 4) is 0 Å². The van der Waals surface area contributed by atoms with Crippen LogP contribution in [0.1, 0.15) is 50.4 Å². The molecule has 0 saturated carbocycles. The van der Waals surface area contributed by atoms with Crippen molar-refractivity contribution >= 4 is 11.5 Å². The molecule has 0 aliphatic heterocycles. The van der Waals surface area contributed by atoms with E-state index in [1.807, 2.05) is 31.2 Å². The first-order valence-electron chi connectivity index (χ1n) is 7.08. The van der Waals surface area contributed by atoms with Gasteiger partial charge in [-0.15, -0.1) is 0 Å². The Balaban J connectivity index is 2.66. The van der Waals surface area contributed by atoms with Crippen molar-refractivity contribution in [3.63, 3.8) is 0 Å². The van der Waals surface area contributed by atoms with Gasteiger partial charge < -0.3 is 10.4 Å². The van der Waals surface area contributed by atoms with Crippen LogP contribution in [0.3, 0.4) is 0 Å². The van der Waals surface area contributed by atoms with E-state index in [0.29, 0.717) is 6.42 Å². The normalized spacial score (nSPS) is 11.4. The second kappa shape index (κ2) is 7.29. The summed E-state index contributed by atoms with van der Waals surface area (Å²) in [6.07, 6.45) is 2.42. The van der Waals surface area contributed by atoms with Gasteiger partial charge in [0.2, 0.25) is 0 Å². The average Bonchev–Trinajstić information content (AvgIpc) is 2.49. The Kier molecular flexibility index (Phi) is 6.03. The van der Waals surface area contributed by atoms with E-state index in [9.17, 15) is 9.90 Å². The van der Waals surface area contributed by atoms with Crippen LogP contribution >= 0.6 is 0 Å². The average molecular weight is 263 g/mol. The maximum Gasteiger partial charge on any atom is 0.162 e. The van der Waals surface area contributed by atoms with Gasteiger partial charge in [0.15, 0.2) is 5.78 Å². The van der Waals surface area contributed by atoms with E-state index in [0.717, 1.165) is 30.6 Å². The summed E-state index contributed by atoms with van der Waals surface area (Å²) in [7, 11) is 0. The van der Waals surface area contributed by atoms with Gasteiger partial charge in [-0.25, -0.2) is 0 Å². The highest BCUT2D eigenvalue weighted by molar-refractivity contribution is 5.96. The maximum absolute atomic E-state index is 11.5. The molecule has 2 N–H and O–H groups in total. The van der Waals surface area contributed by atoms with E-state index in [2.05, 4.69) is 19.2 Å². The first-order valence-corrected chi connectivity index (χ1v) is 7.08. The predicted octanol–water partition coefficient (Wildman–Crippen LogP) is 3.49. The van der Waals surface area contributed by atoms with Crippen molar-refractivity contribution in [1.29, 1.82) is 0 Å². The van der Waals surface area contributed by atoms with E-state index in [1.165, 1.54) is 0 Å². The summed E-state index contributed by atoms with van der Waals surface area (Å²) in [5.41, 5.74) is 1.69. The molecule has 3 heteroatoms. The van der Waals surface area contributed by atoms with Gasteiger partial charge in [0.1, 0.15) is 0 Å². The molecule has 1 aromatic rings. The molecule has 0 radical (unpaired) electrons. The van der Waals surface area contributed by atoms with Gasteiger partial charge in [-0.05, 0) is 37.1 Å². The van der Waals surface area contributed by atoms with Crippen LogP contribution in [0.4, 0.5) is 5.69 Å². The largest absolute Gasteiger partial charge is 0.396 e. The van der Waals surface area contributed by atoms with Gasteiger partial charge in [0.05, 0.1) is 6.61 Å². The van der Waals surface area contributed by atoms with Crippen molar-refractivity contribution in [1.82, 2.24) is 0 Å². The lowest BCUT2D eigenvalue weighted by molar-refractivity contribution is 0.0988. The number of Topliss-reactive ketones (excluding diaryl/α,β-unsaturated/α-hetero) is 1. The second-order valence-corrected chi connectivity index (χ2v) is 5.07. The Morgan fingerprint density at radius 1 is 1.16 bits per heavy atom. The van der Waals surface area contributed by atoms with Crippen molar-refractivity contribution < 1.29 is 9.90 Å². The van der Waals surface area contributed by atoms with Crippen LogP contribution in [-0.2, 0) is 0 Å². The molecule has 1 aromatic carbocycles. The molecular formula is C16H25NO2. The van der Waals surface area contributed by atoms with E-state index in [4.69, 9.17) is 0 Å². The predicted molar refractivity (Wildman–Crippen MR) is 79.7 cm³/mol. The summed E-state index contributed by atoms with van der Waals surface area (Å²) in [5, 5.41) is 12.9. The summed E-state index contributed by atoms with van der Waals surface area (Å²) in [6.45, 7) is 7.01.